The average Bonchev–Trinajstić information content (AvgIpc) is 2.41. The smallest absolute Gasteiger partial charge is 0.257 e. The molecule has 0 radical (unpaired) electrons. The molecular formula is C14H12Br2N2O. The predicted molar refractivity (Wildman–Crippen MR) is 85.8 cm³/mol. The zero-order valence-electron chi connectivity index (χ0n) is 10.2. The van der Waals surface area contributed by atoms with Gasteiger partial charge in [0.05, 0.1) is 11.3 Å². The van der Waals surface area contributed by atoms with Gasteiger partial charge in [0.25, 0.3) is 5.91 Å². The Kier molecular flexibility index (Phi) is 4.61. The van der Waals surface area contributed by atoms with Gasteiger partial charge in [-0.05, 0) is 46.3 Å². The maximum atomic E-state index is 12.2. The molecule has 0 fully saturated rings. The van der Waals surface area contributed by atoms with E-state index in [0.29, 0.717) is 5.56 Å². The van der Waals surface area contributed by atoms with Crippen molar-refractivity contribution in [3.05, 3.63) is 57.0 Å². The van der Waals surface area contributed by atoms with Crippen molar-refractivity contribution in [3.8, 4) is 0 Å². The van der Waals surface area contributed by atoms with Crippen LogP contribution in [0.3, 0.4) is 0 Å². The molecule has 3 nitrogen and oxygen atoms in total. The van der Waals surface area contributed by atoms with Crippen molar-refractivity contribution >= 4 is 49.1 Å². The highest BCUT2D eigenvalue weighted by Crippen LogP contribution is 2.27. The third-order valence-electron chi connectivity index (χ3n) is 2.62. The van der Waals surface area contributed by atoms with Gasteiger partial charge in [-0.1, -0.05) is 28.1 Å². The van der Waals surface area contributed by atoms with E-state index in [9.17, 15) is 4.79 Å². The van der Waals surface area contributed by atoms with Gasteiger partial charge in [0.15, 0.2) is 0 Å². The molecule has 0 aliphatic carbocycles. The molecule has 0 aromatic heterocycles. The molecule has 0 saturated carbocycles. The van der Waals surface area contributed by atoms with E-state index in [-0.39, 0.29) is 5.91 Å². The second kappa shape index (κ2) is 6.21. The lowest BCUT2D eigenvalue weighted by atomic mass is 10.1. The number of amides is 1. The summed E-state index contributed by atoms with van der Waals surface area (Å²) in [7, 11) is 1.79. The summed E-state index contributed by atoms with van der Waals surface area (Å²) in [4.78, 5) is 12.2. The van der Waals surface area contributed by atoms with Crippen molar-refractivity contribution in [1.29, 1.82) is 0 Å². The van der Waals surface area contributed by atoms with Crippen molar-refractivity contribution < 1.29 is 4.79 Å². The molecule has 2 aromatic carbocycles. The van der Waals surface area contributed by atoms with Crippen LogP contribution in [0.2, 0.25) is 0 Å². The Hall–Kier alpha value is -1.33. The van der Waals surface area contributed by atoms with Crippen LogP contribution in [0.5, 0.6) is 0 Å². The minimum absolute atomic E-state index is 0.145. The Balaban J connectivity index is 2.26. The molecule has 5 heteroatoms. The molecule has 19 heavy (non-hydrogen) atoms. The molecule has 0 aliphatic rings. The van der Waals surface area contributed by atoms with Crippen molar-refractivity contribution in [2.24, 2.45) is 0 Å². The van der Waals surface area contributed by atoms with Crippen LogP contribution in [0, 0.1) is 0 Å². The zero-order chi connectivity index (χ0) is 13.8. The number of carbonyl (C=O) groups is 1. The standard InChI is InChI=1S/C14H12Br2N2O/c1-17-12-5-3-2-4-10(12)14(19)18-13-7-6-9(15)8-11(13)16/h2-8,17H,1H3,(H,18,19). The van der Waals surface area contributed by atoms with Crippen molar-refractivity contribution in [1.82, 2.24) is 0 Å². The summed E-state index contributed by atoms with van der Waals surface area (Å²) in [6, 6.07) is 13.0. The molecule has 0 saturated heterocycles. The lowest BCUT2D eigenvalue weighted by Crippen LogP contribution is -2.14. The van der Waals surface area contributed by atoms with E-state index < -0.39 is 0 Å². The summed E-state index contributed by atoms with van der Waals surface area (Å²) < 4.78 is 1.78. The zero-order valence-corrected chi connectivity index (χ0v) is 13.4. The number of carbonyl (C=O) groups excluding carboxylic acids is 1. The first-order valence-corrected chi connectivity index (χ1v) is 7.23. The summed E-state index contributed by atoms with van der Waals surface area (Å²) in [5.41, 5.74) is 2.15. The van der Waals surface area contributed by atoms with Crippen LogP contribution >= 0.6 is 31.9 Å². The van der Waals surface area contributed by atoms with Crippen LogP contribution in [0.1, 0.15) is 10.4 Å². The van der Waals surface area contributed by atoms with Crippen molar-refractivity contribution in [3.63, 3.8) is 0 Å². The maximum Gasteiger partial charge on any atom is 0.257 e. The van der Waals surface area contributed by atoms with Gasteiger partial charge < -0.3 is 10.6 Å². The summed E-state index contributed by atoms with van der Waals surface area (Å²) in [5.74, 6) is -0.145. The Labute approximate surface area is 128 Å². The van der Waals surface area contributed by atoms with Gasteiger partial charge in [0, 0.05) is 21.7 Å². The minimum Gasteiger partial charge on any atom is -0.387 e. The van der Waals surface area contributed by atoms with Crippen LogP contribution in [0.4, 0.5) is 11.4 Å². The van der Waals surface area contributed by atoms with Crippen LogP contribution in [-0.4, -0.2) is 13.0 Å². The number of rotatable bonds is 3. The van der Waals surface area contributed by atoms with Crippen LogP contribution < -0.4 is 10.6 Å². The molecule has 98 valence electrons. The Morgan fingerprint density at radius 1 is 1.05 bits per heavy atom. The molecular weight excluding hydrogens is 372 g/mol. The summed E-state index contributed by atoms with van der Waals surface area (Å²) in [6.07, 6.45) is 0. The normalized spacial score (nSPS) is 10.1. The van der Waals surface area contributed by atoms with Gasteiger partial charge in [-0.15, -0.1) is 0 Å². The van der Waals surface area contributed by atoms with E-state index in [1.807, 2.05) is 36.4 Å². The Morgan fingerprint density at radius 3 is 2.47 bits per heavy atom. The molecule has 0 unspecified atom stereocenters. The van der Waals surface area contributed by atoms with Crippen LogP contribution in [0.25, 0.3) is 0 Å². The number of benzene rings is 2. The molecule has 1 amide bonds. The van der Waals surface area contributed by atoms with Gasteiger partial charge in [-0.3, -0.25) is 4.79 Å². The molecule has 0 heterocycles. The van der Waals surface area contributed by atoms with Gasteiger partial charge in [0.1, 0.15) is 0 Å². The van der Waals surface area contributed by atoms with Gasteiger partial charge in [0.2, 0.25) is 0 Å². The Bertz CT molecular complexity index is 614. The number of halogens is 2. The third kappa shape index (κ3) is 3.36. The van der Waals surface area contributed by atoms with Crippen LogP contribution in [0.15, 0.2) is 51.4 Å². The molecule has 2 N–H and O–H groups in total. The monoisotopic (exact) mass is 382 g/mol. The topological polar surface area (TPSA) is 41.1 Å². The summed E-state index contributed by atoms with van der Waals surface area (Å²) in [6.45, 7) is 0. The van der Waals surface area contributed by atoms with Crippen molar-refractivity contribution in [2.75, 3.05) is 17.7 Å². The first-order valence-electron chi connectivity index (χ1n) is 5.65. The molecule has 0 bridgehead atoms. The first-order chi connectivity index (χ1) is 9.11. The minimum atomic E-state index is -0.145. The molecule has 0 spiro atoms. The number of anilines is 2. The number of hydrogen-bond donors (Lipinski definition) is 2. The second-order valence-electron chi connectivity index (χ2n) is 3.87. The lowest BCUT2D eigenvalue weighted by Gasteiger charge is -2.11. The average molecular weight is 384 g/mol. The fourth-order valence-corrected chi connectivity index (χ4v) is 2.83. The predicted octanol–water partition coefficient (Wildman–Crippen LogP) is 4.51. The van der Waals surface area contributed by atoms with Gasteiger partial charge >= 0.3 is 0 Å². The van der Waals surface area contributed by atoms with E-state index in [0.717, 1.165) is 20.3 Å². The van der Waals surface area contributed by atoms with Crippen LogP contribution in [-0.2, 0) is 0 Å². The lowest BCUT2D eigenvalue weighted by molar-refractivity contribution is 0.102. The van der Waals surface area contributed by atoms with E-state index in [4.69, 9.17) is 0 Å². The summed E-state index contributed by atoms with van der Waals surface area (Å²) >= 11 is 6.80. The SMILES string of the molecule is CNc1ccccc1C(=O)Nc1ccc(Br)cc1Br. The molecule has 0 aliphatic heterocycles. The van der Waals surface area contributed by atoms with Gasteiger partial charge in [-0.2, -0.15) is 0 Å². The molecule has 2 aromatic rings. The summed E-state index contributed by atoms with van der Waals surface area (Å²) in [5, 5.41) is 5.89. The molecule has 2 rings (SSSR count). The highest BCUT2D eigenvalue weighted by atomic mass is 79.9. The fourth-order valence-electron chi connectivity index (χ4n) is 1.68. The number of hydrogen-bond acceptors (Lipinski definition) is 2. The first kappa shape index (κ1) is 14.1. The Morgan fingerprint density at radius 2 is 1.79 bits per heavy atom. The van der Waals surface area contributed by atoms with E-state index in [1.54, 1.807) is 13.1 Å². The highest BCUT2D eigenvalue weighted by Gasteiger charge is 2.11. The van der Waals surface area contributed by atoms with E-state index >= 15 is 0 Å². The largest absolute Gasteiger partial charge is 0.387 e. The second-order valence-corrected chi connectivity index (χ2v) is 5.64. The third-order valence-corrected chi connectivity index (χ3v) is 3.77. The van der Waals surface area contributed by atoms with E-state index in [1.165, 1.54) is 0 Å². The number of nitrogens with one attached hydrogen (secondary N) is 2. The van der Waals surface area contributed by atoms with Crippen molar-refractivity contribution in [2.45, 2.75) is 0 Å². The van der Waals surface area contributed by atoms with E-state index in [2.05, 4.69) is 42.5 Å². The highest BCUT2D eigenvalue weighted by molar-refractivity contribution is 9.11. The quantitative estimate of drug-likeness (QED) is 0.818. The maximum absolute atomic E-state index is 12.2. The van der Waals surface area contributed by atoms with Gasteiger partial charge in [-0.25, -0.2) is 0 Å². The fraction of sp³-hybridized carbons (Fsp3) is 0.0714. The number of para-hydroxylation sites is 1. The molecule has 0 atom stereocenters.